The normalized spacial score (nSPS) is 12.1. The van der Waals surface area contributed by atoms with Crippen LogP contribution >= 0.6 is 11.6 Å². The molecule has 0 saturated carbocycles. The Hall–Kier alpha value is -0.790. The molecule has 0 aliphatic carbocycles. The molecule has 15 heavy (non-hydrogen) atoms. The predicted molar refractivity (Wildman–Crippen MR) is 50.3 cm³/mol. The van der Waals surface area contributed by atoms with Gasteiger partial charge in [-0.05, 0) is 18.6 Å². The van der Waals surface area contributed by atoms with Crippen LogP contribution < -0.4 is 5.14 Å². The number of alkyl halides is 2. The van der Waals surface area contributed by atoms with E-state index < -0.39 is 27.2 Å². The lowest BCUT2D eigenvalue weighted by Gasteiger charge is -2.07. The molecule has 0 amide bonds. The Kier molecular flexibility index (Phi) is 3.27. The van der Waals surface area contributed by atoms with Crippen LogP contribution in [0.5, 0.6) is 0 Å². The Morgan fingerprint density at radius 3 is 2.47 bits per heavy atom. The molecule has 1 aromatic rings. The Labute approximate surface area is 90.1 Å². The van der Waals surface area contributed by atoms with Gasteiger partial charge in [0.15, 0.2) is 5.03 Å². The highest BCUT2D eigenvalue weighted by atomic mass is 35.5. The van der Waals surface area contributed by atoms with Crippen LogP contribution in [0.3, 0.4) is 0 Å². The van der Waals surface area contributed by atoms with Gasteiger partial charge in [0.1, 0.15) is 5.69 Å². The van der Waals surface area contributed by atoms with Crippen molar-refractivity contribution in [3.05, 3.63) is 22.3 Å². The molecule has 0 fully saturated rings. The molecule has 0 atom stereocenters. The average Bonchev–Trinajstić information content (AvgIpc) is 2.06. The van der Waals surface area contributed by atoms with E-state index >= 15 is 0 Å². The fraction of sp³-hybridized carbons (Fsp3) is 0.286. The smallest absolute Gasteiger partial charge is 0.233 e. The van der Waals surface area contributed by atoms with E-state index in [-0.39, 0.29) is 10.6 Å². The highest BCUT2D eigenvalue weighted by Crippen LogP contribution is 2.26. The van der Waals surface area contributed by atoms with E-state index in [1.54, 1.807) is 0 Å². The lowest BCUT2D eigenvalue weighted by atomic mass is 10.2. The summed E-state index contributed by atoms with van der Waals surface area (Å²) >= 11 is 5.59. The van der Waals surface area contributed by atoms with Gasteiger partial charge >= 0.3 is 0 Å². The molecule has 2 N–H and O–H groups in total. The molecule has 1 rings (SSSR count). The van der Waals surface area contributed by atoms with Crippen LogP contribution in [-0.4, -0.2) is 13.4 Å². The summed E-state index contributed by atoms with van der Waals surface area (Å²) in [4.78, 5) is 3.21. The Balaban J connectivity index is 3.52. The summed E-state index contributed by atoms with van der Waals surface area (Å²) in [7, 11) is -4.19. The van der Waals surface area contributed by atoms with Gasteiger partial charge in [-0.2, -0.15) is 0 Å². The first-order chi connectivity index (χ1) is 6.73. The van der Waals surface area contributed by atoms with Gasteiger partial charge in [0, 0.05) is 0 Å². The van der Waals surface area contributed by atoms with E-state index in [0.717, 1.165) is 6.07 Å². The Bertz CT molecular complexity index is 490. The molecule has 0 aliphatic rings. The van der Waals surface area contributed by atoms with Crippen molar-refractivity contribution in [1.29, 1.82) is 0 Å². The first-order valence-corrected chi connectivity index (χ1v) is 5.64. The minimum atomic E-state index is -4.19. The number of hydrogen-bond acceptors (Lipinski definition) is 3. The van der Waals surface area contributed by atoms with Crippen LogP contribution in [0.25, 0.3) is 0 Å². The molecule has 1 aromatic heterocycles. The highest BCUT2D eigenvalue weighted by Gasteiger charge is 2.21. The number of pyridine rings is 1. The van der Waals surface area contributed by atoms with Crippen LogP contribution in [-0.2, 0) is 10.0 Å². The number of sulfonamides is 1. The largest absolute Gasteiger partial charge is 0.280 e. The van der Waals surface area contributed by atoms with E-state index in [1.807, 2.05) is 0 Å². The second-order valence-electron chi connectivity index (χ2n) is 2.83. The molecule has 4 nitrogen and oxygen atoms in total. The first kappa shape index (κ1) is 12.3. The summed E-state index contributed by atoms with van der Waals surface area (Å²) < 4.78 is 46.5. The number of primary sulfonamides is 1. The van der Waals surface area contributed by atoms with Crippen LogP contribution in [0.15, 0.2) is 11.1 Å². The summed E-state index contributed by atoms with van der Waals surface area (Å²) in [6.45, 7) is 1.39. The molecular formula is C7H7ClF2N2O2S. The zero-order chi connectivity index (χ0) is 11.8. The minimum absolute atomic E-state index is 0.186. The molecule has 84 valence electrons. The van der Waals surface area contributed by atoms with Gasteiger partial charge < -0.3 is 0 Å². The lowest BCUT2D eigenvalue weighted by Crippen LogP contribution is -2.16. The molecule has 0 aliphatic heterocycles. The quantitative estimate of drug-likeness (QED) is 0.874. The maximum atomic E-state index is 12.3. The third kappa shape index (κ3) is 2.61. The third-order valence-electron chi connectivity index (χ3n) is 1.62. The van der Waals surface area contributed by atoms with Gasteiger partial charge in [-0.15, -0.1) is 0 Å². The van der Waals surface area contributed by atoms with E-state index in [4.69, 9.17) is 16.7 Å². The summed E-state index contributed by atoms with van der Waals surface area (Å²) in [5.74, 6) is 0. The molecule has 0 radical (unpaired) electrons. The predicted octanol–water partition coefficient (Wildman–Crippen LogP) is 1.63. The zero-order valence-corrected chi connectivity index (χ0v) is 9.11. The van der Waals surface area contributed by atoms with Gasteiger partial charge in [0.05, 0.1) is 5.02 Å². The Morgan fingerprint density at radius 2 is 2.07 bits per heavy atom. The fourth-order valence-electron chi connectivity index (χ4n) is 0.953. The van der Waals surface area contributed by atoms with Crippen molar-refractivity contribution in [1.82, 2.24) is 4.98 Å². The van der Waals surface area contributed by atoms with Gasteiger partial charge in [0.2, 0.25) is 0 Å². The molecular weight excluding hydrogens is 250 g/mol. The first-order valence-electron chi connectivity index (χ1n) is 3.71. The van der Waals surface area contributed by atoms with E-state index in [2.05, 4.69) is 4.98 Å². The molecule has 0 aromatic carbocycles. The molecule has 8 heteroatoms. The monoisotopic (exact) mass is 256 g/mol. The average molecular weight is 257 g/mol. The van der Waals surface area contributed by atoms with Crippen LogP contribution in [0.4, 0.5) is 8.78 Å². The van der Waals surface area contributed by atoms with Gasteiger partial charge in [-0.1, -0.05) is 11.6 Å². The number of halogens is 3. The number of hydrogen-bond donors (Lipinski definition) is 1. The number of aryl methyl sites for hydroxylation is 1. The van der Waals surface area contributed by atoms with Gasteiger partial charge in [-0.25, -0.2) is 27.3 Å². The van der Waals surface area contributed by atoms with E-state index in [1.165, 1.54) is 6.92 Å². The van der Waals surface area contributed by atoms with Crippen molar-refractivity contribution in [2.75, 3.05) is 0 Å². The van der Waals surface area contributed by atoms with Crippen molar-refractivity contribution in [2.24, 2.45) is 5.14 Å². The number of aromatic nitrogens is 1. The summed E-state index contributed by atoms with van der Waals surface area (Å²) in [5, 5.41) is 3.82. The summed E-state index contributed by atoms with van der Waals surface area (Å²) in [6, 6.07) is 1.02. The maximum absolute atomic E-state index is 12.3. The standard InChI is InChI=1S/C7H7ClF2N2O2S/c1-3-2-4(6(9)10)12-7(5(3)8)15(11,13)14/h2,6H,1H3,(H2,11,13,14). The van der Waals surface area contributed by atoms with Crippen LogP contribution in [0.1, 0.15) is 17.7 Å². The summed E-state index contributed by atoms with van der Waals surface area (Å²) in [5.41, 5.74) is -0.480. The van der Waals surface area contributed by atoms with Crippen molar-refractivity contribution in [2.45, 2.75) is 18.4 Å². The summed E-state index contributed by atoms with van der Waals surface area (Å²) in [6.07, 6.45) is -2.87. The molecule has 0 saturated heterocycles. The van der Waals surface area contributed by atoms with Crippen LogP contribution in [0.2, 0.25) is 5.02 Å². The minimum Gasteiger partial charge on any atom is -0.233 e. The molecule has 1 heterocycles. The maximum Gasteiger partial charge on any atom is 0.280 e. The topological polar surface area (TPSA) is 73.0 Å². The highest BCUT2D eigenvalue weighted by molar-refractivity contribution is 7.89. The molecule has 0 bridgehead atoms. The van der Waals surface area contributed by atoms with Crippen molar-refractivity contribution >= 4 is 21.6 Å². The number of nitrogens with zero attached hydrogens (tertiary/aromatic N) is 1. The zero-order valence-electron chi connectivity index (χ0n) is 7.54. The Morgan fingerprint density at radius 1 is 1.53 bits per heavy atom. The van der Waals surface area contributed by atoms with Crippen molar-refractivity contribution in [3.63, 3.8) is 0 Å². The van der Waals surface area contributed by atoms with E-state index in [9.17, 15) is 17.2 Å². The van der Waals surface area contributed by atoms with Crippen molar-refractivity contribution in [3.8, 4) is 0 Å². The fourth-order valence-corrected chi connectivity index (χ4v) is 2.02. The lowest BCUT2D eigenvalue weighted by molar-refractivity contribution is 0.145. The third-order valence-corrected chi connectivity index (χ3v) is 3.05. The second kappa shape index (κ2) is 3.99. The number of nitrogens with two attached hydrogens (primary N) is 1. The SMILES string of the molecule is Cc1cc(C(F)F)nc(S(N)(=O)=O)c1Cl. The van der Waals surface area contributed by atoms with Crippen LogP contribution in [0, 0.1) is 6.92 Å². The molecule has 0 spiro atoms. The van der Waals surface area contributed by atoms with Crippen molar-refractivity contribution < 1.29 is 17.2 Å². The second-order valence-corrected chi connectivity index (χ2v) is 4.68. The van der Waals surface area contributed by atoms with E-state index in [0.29, 0.717) is 0 Å². The van der Waals surface area contributed by atoms with Gasteiger partial charge in [0.25, 0.3) is 16.4 Å². The molecule has 0 unspecified atom stereocenters. The number of rotatable bonds is 2. The van der Waals surface area contributed by atoms with Gasteiger partial charge in [-0.3, -0.25) is 0 Å².